The standard InChI is InChI=1S/C14H12N2O/c17-13(10-5-2-1-3-6-10)12-9-16-14-11(12)7-4-8-15-14/h1-9,13,17H,(H,15,16). The number of nitrogens with one attached hydrogen (secondary N) is 1. The molecule has 3 nitrogen and oxygen atoms in total. The van der Waals surface area contributed by atoms with Gasteiger partial charge in [0.25, 0.3) is 0 Å². The largest absolute Gasteiger partial charge is 0.384 e. The Kier molecular flexibility index (Phi) is 2.38. The average molecular weight is 224 g/mol. The second-order valence-corrected chi connectivity index (χ2v) is 3.96. The van der Waals surface area contributed by atoms with Gasteiger partial charge in [-0.05, 0) is 17.7 Å². The van der Waals surface area contributed by atoms with Crippen molar-refractivity contribution >= 4 is 11.0 Å². The van der Waals surface area contributed by atoms with Crippen molar-refractivity contribution in [1.82, 2.24) is 9.97 Å². The zero-order valence-corrected chi connectivity index (χ0v) is 9.17. The number of fused-ring (bicyclic) bond motifs is 1. The van der Waals surface area contributed by atoms with Gasteiger partial charge in [0.15, 0.2) is 0 Å². The van der Waals surface area contributed by atoms with Crippen molar-refractivity contribution in [3.05, 3.63) is 66.0 Å². The van der Waals surface area contributed by atoms with Gasteiger partial charge in [-0.1, -0.05) is 30.3 Å². The monoisotopic (exact) mass is 224 g/mol. The zero-order valence-electron chi connectivity index (χ0n) is 9.17. The van der Waals surface area contributed by atoms with E-state index in [-0.39, 0.29) is 0 Å². The molecular weight excluding hydrogens is 212 g/mol. The second kappa shape index (κ2) is 4.03. The Hall–Kier alpha value is -2.13. The third kappa shape index (κ3) is 1.70. The van der Waals surface area contributed by atoms with Gasteiger partial charge in [-0.2, -0.15) is 0 Å². The first-order chi connectivity index (χ1) is 8.36. The highest BCUT2D eigenvalue weighted by molar-refractivity contribution is 5.80. The number of hydrogen-bond donors (Lipinski definition) is 2. The van der Waals surface area contributed by atoms with E-state index < -0.39 is 6.10 Å². The van der Waals surface area contributed by atoms with E-state index in [1.165, 1.54) is 0 Å². The predicted molar refractivity (Wildman–Crippen MR) is 66.6 cm³/mol. The number of aromatic nitrogens is 2. The lowest BCUT2D eigenvalue weighted by molar-refractivity contribution is 0.222. The van der Waals surface area contributed by atoms with Gasteiger partial charge in [-0.25, -0.2) is 4.98 Å². The van der Waals surface area contributed by atoms with Crippen molar-refractivity contribution in [1.29, 1.82) is 0 Å². The molecule has 0 saturated carbocycles. The van der Waals surface area contributed by atoms with E-state index in [2.05, 4.69) is 9.97 Å². The van der Waals surface area contributed by atoms with Crippen LogP contribution < -0.4 is 0 Å². The molecule has 0 aliphatic rings. The summed E-state index contributed by atoms with van der Waals surface area (Å²) in [5, 5.41) is 11.3. The summed E-state index contributed by atoms with van der Waals surface area (Å²) in [6.07, 6.45) is 2.93. The maximum Gasteiger partial charge on any atom is 0.137 e. The summed E-state index contributed by atoms with van der Waals surface area (Å²) < 4.78 is 0. The van der Waals surface area contributed by atoms with Crippen molar-refractivity contribution in [2.45, 2.75) is 6.10 Å². The summed E-state index contributed by atoms with van der Waals surface area (Å²) >= 11 is 0. The van der Waals surface area contributed by atoms with E-state index in [1.54, 1.807) is 6.20 Å². The van der Waals surface area contributed by atoms with E-state index in [9.17, 15) is 5.11 Å². The van der Waals surface area contributed by atoms with Gasteiger partial charge < -0.3 is 10.1 Å². The Balaban J connectivity index is 2.10. The lowest BCUT2D eigenvalue weighted by Crippen LogP contribution is -1.98. The van der Waals surface area contributed by atoms with E-state index >= 15 is 0 Å². The summed E-state index contributed by atoms with van der Waals surface area (Å²) in [7, 11) is 0. The molecule has 3 aromatic rings. The van der Waals surface area contributed by atoms with Crippen LogP contribution in [0.1, 0.15) is 17.2 Å². The average Bonchev–Trinajstić information content (AvgIpc) is 2.83. The van der Waals surface area contributed by atoms with Gasteiger partial charge in [0.05, 0.1) is 0 Å². The van der Waals surface area contributed by atoms with Gasteiger partial charge in [0, 0.05) is 23.3 Å². The number of aliphatic hydroxyl groups excluding tert-OH is 1. The van der Waals surface area contributed by atoms with Gasteiger partial charge in [-0.3, -0.25) is 0 Å². The van der Waals surface area contributed by atoms with Crippen molar-refractivity contribution in [2.24, 2.45) is 0 Å². The van der Waals surface area contributed by atoms with E-state index in [0.29, 0.717) is 0 Å². The van der Waals surface area contributed by atoms with Gasteiger partial charge in [0.2, 0.25) is 0 Å². The first-order valence-corrected chi connectivity index (χ1v) is 5.51. The lowest BCUT2D eigenvalue weighted by atomic mass is 10.0. The summed E-state index contributed by atoms with van der Waals surface area (Å²) in [6.45, 7) is 0. The number of rotatable bonds is 2. The molecule has 3 heteroatoms. The van der Waals surface area contributed by atoms with Crippen molar-refractivity contribution in [3.63, 3.8) is 0 Å². The van der Waals surface area contributed by atoms with Crippen molar-refractivity contribution in [2.75, 3.05) is 0 Å². The molecule has 1 atom stereocenters. The van der Waals surface area contributed by atoms with Crippen LogP contribution in [-0.4, -0.2) is 15.1 Å². The topological polar surface area (TPSA) is 48.9 Å². The highest BCUT2D eigenvalue weighted by atomic mass is 16.3. The van der Waals surface area contributed by atoms with Crippen LogP contribution in [-0.2, 0) is 0 Å². The third-order valence-electron chi connectivity index (χ3n) is 2.89. The van der Waals surface area contributed by atoms with Crippen LogP contribution in [0.4, 0.5) is 0 Å². The number of nitrogens with zero attached hydrogens (tertiary/aromatic N) is 1. The predicted octanol–water partition coefficient (Wildman–Crippen LogP) is 2.64. The number of aromatic amines is 1. The van der Waals surface area contributed by atoms with Crippen LogP contribution in [0.25, 0.3) is 11.0 Å². The minimum absolute atomic E-state index is 0.617. The molecule has 0 bridgehead atoms. The number of pyridine rings is 1. The molecule has 84 valence electrons. The quantitative estimate of drug-likeness (QED) is 0.703. The Bertz CT molecular complexity index is 631. The van der Waals surface area contributed by atoms with Crippen molar-refractivity contribution in [3.8, 4) is 0 Å². The van der Waals surface area contributed by atoms with E-state index in [4.69, 9.17) is 0 Å². The maximum atomic E-state index is 10.3. The molecule has 17 heavy (non-hydrogen) atoms. The van der Waals surface area contributed by atoms with Crippen molar-refractivity contribution < 1.29 is 5.11 Å². The van der Waals surface area contributed by atoms with Gasteiger partial charge in [0.1, 0.15) is 11.8 Å². The Morgan fingerprint density at radius 3 is 2.71 bits per heavy atom. The molecule has 0 aliphatic heterocycles. The third-order valence-corrected chi connectivity index (χ3v) is 2.89. The molecule has 2 aromatic heterocycles. The fourth-order valence-corrected chi connectivity index (χ4v) is 2.02. The molecule has 3 rings (SSSR count). The maximum absolute atomic E-state index is 10.3. The molecule has 0 amide bonds. The number of aliphatic hydroxyl groups is 1. The number of benzene rings is 1. The summed E-state index contributed by atoms with van der Waals surface area (Å²) in [6, 6.07) is 13.4. The Morgan fingerprint density at radius 2 is 1.88 bits per heavy atom. The minimum Gasteiger partial charge on any atom is -0.384 e. The molecule has 1 unspecified atom stereocenters. The summed E-state index contributed by atoms with van der Waals surface area (Å²) in [4.78, 5) is 7.28. The highest BCUT2D eigenvalue weighted by Gasteiger charge is 2.14. The first-order valence-electron chi connectivity index (χ1n) is 5.51. The van der Waals surface area contributed by atoms with Crippen LogP contribution in [0.5, 0.6) is 0 Å². The van der Waals surface area contributed by atoms with Crippen LogP contribution in [0.2, 0.25) is 0 Å². The molecule has 0 spiro atoms. The normalized spacial score (nSPS) is 12.8. The zero-order chi connectivity index (χ0) is 11.7. The summed E-state index contributed by atoms with van der Waals surface area (Å²) in [5.41, 5.74) is 2.55. The fraction of sp³-hybridized carbons (Fsp3) is 0.0714. The molecule has 0 fully saturated rings. The number of H-pyrrole nitrogens is 1. The van der Waals surface area contributed by atoms with Gasteiger partial charge >= 0.3 is 0 Å². The SMILES string of the molecule is OC(c1ccccc1)c1c[nH]c2ncccc12. The molecular formula is C14H12N2O. The Labute approximate surface area is 98.8 Å². The van der Waals surface area contributed by atoms with Crippen LogP contribution >= 0.6 is 0 Å². The smallest absolute Gasteiger partial charge is 0.137 e. The fourth-order valence-electron chi connectivity index (χ4n) is 2.02. The molecule has 0 radical (unpaired) electrons. The highest BCUT2D eigenvalue weighted by Crippen LogP contribution is 2.27. The lowest BCUT2D eigenvalue weighted by Gasteiger charge is -2.09. The summed E-state index contributed by atoms with van der Waals surface area (Å²) in [5.74, 6) is 0. The first kappa shape index (κ1) is 10.1. The van der Waals surface area contributed by atoms with Crippen LogP contribution in [0.3, 0.4) is 0 Å². The molecule has 0 saturated heterocycles. The molecule has 0 aliphatic carbocycles. The van der Waals surface area contributed by atoms with E-state index in [1.807, 2.05) is 48.7 Å². The molecule has 2 heterocycles. The molecule has 2 N–H and O–H groups in total. The second-order valence-electron chi connectivity index (χ2n) is 3.96. The van der Waals surface area contributed by atoms with Crippen LogP contribution in [0, 0.1) is 0 Å². The van der Waals surface area contributed by atoms with Crippen LogP contribution in [0.15, 0.2) is 54.9 Å². The van der Waals surface area contributed by atoms with E-state index in [0.717, 1.165) is 22.2 Å². The number of hydrogen-bond acceptors (Lipinski definition) is 2. The Morgan fingerprint density at radius 1 is 1.06 bits per heavy atom. The van der Waals surface area contributed by atoms with Gasteiger partial charge in [-0.15, -0.1) is 0 Å². The molecule has 1 aromatic carbocycles. The minimum atomic E-state index is -0.617.